The number of aromatic nitrogens is 2. The van der Waals surface area contributed by atoms with E-state index in [9.17, 15) is 14.4 Å². The molecule has 0 aliphatic heterocycles. The minimum Gasteiger partial charge on any atom is -0.451 e. The van der Waals surface area contributed by atoms with Gasteiger partial charge in [-0.1, -0.05) is 6.07 Å². The Hall–Kier alpha value is -2.90. The lowest BCUT2D eigenvalue weighted by molar-refractivity contribution is -0.123. The van der Waals surface area contributed by atoms with Crippen molar-refractivity contribution in [2.75, 3.05) is 6.61 Å². The largest absolute Gasteiger partial charge is 0.451 e. The van der Waals surface area contributed by atoms with Crippen LogP contribution in [0.4, 0.5) is 4.79 Å². The van der Waals surface area contributed by atoms with Gasteiger partial charge in [-0.3, -0.25) is 10.1 Å². The standard InChI is InChI=1S/C21H24N4O4/c26-18(12-29-19(27)16-11-25-4-2-1-3-17(25)22-16)23-20(28)24-21-8-13-5-14(9-21)7-15(6-13)10-21/h1-4,11,13-15H,5-10,12H2,(H2,23,24,26,28). The number of urea groups is 1. The van der Waals surface area contributed by atoms with Gasteiger partial charge in [0.05, 0.1) is 0 Å². The minimum atomic E-state index is -0.703. The smallest absolute Gasteiger partial charge is 0.359 e. The summed E-state index contributed by atoms with van der Waals surface area (Å²) in [5.74, 6) is 0.741. The summed E-state index contributed by atoms with van der Waals surface area (Å²) in [7, 11) is 0. The van der Waals surface area contributed by atoms with Crippen molar-refractivity contribution in [2.24, 2.45) is 17.8 Å². The molecule has 0 radical (unpaired) electrons. The molecule has 2 N–H and O–H groups in total. The average Bonchev–Trinajstić information content (AvgIpc) is 3.08. The maximum Gasteiger partial charge on any atom is 0.359 e. The van der Waals surface area contributed by atoms with Crippen LogP contribution >= 0.6 is 0 Å². The van der Waals surface area contributed by atoms with E-state index in [1.165, 1.54) is 25.5 Å². The number of imide groups is 1. The van der Waals surface area contributed by atoms with Gasteiger partial charge in [0, 0.05) is 17.9 Å². The molecule has 2 aromatic heterocycles. The lowest BCUT2D eigenvalue weighted by Gasteiger charge is -2.56. The van der Waals surface area contributed by atoms with Gasteiger partial charge in [-0.25, -0.2) is 14.6 Å². The van der Waals surface area contributed by atoms with Crippen molar-refractivity contribution >= 4 is 23.6 Å². The van der Waals surface area contributed by atoms with E-state index in [0.29, 0.717) is 23.4 Å². The summed E-state index contributed by atoms with van der Waals surface area (Å²) in [6.07, 6.45) is 10.1. The molecule has 0 saturated heterocycles. The number of hydrogen-bond donors (Lipinski definition) is 2. The van der Waals surface area contributed by atoms with E-state index in [0.717, 1.165) is 19.3 Å². The molecule has 4 aliphatic rings. The van der Waals surface area contributed by atoms with E-state index in [4.69, 9.17) is 4.74 Å². The predicted octanol–water partition coefficient (Wildman–Crippen LogP) is 2.29. The number of imidazole rings is 1. The van der Waals surface area contributed by atoms with Crippen molar-refractivity contribution in [2.45, 2.75) is 44.1 Å². The Morgan fingerprint density at radius 3 is 2.45 bits per heavy atom. The molecule has 4 fully saturated rings. The molecular formula is C21H24N4O4. The Morgan fingerprint density at radius 2 is 1.79 bits per heavy atom. The fourth-order valence-electron chi connectivity index (χ4n) is 5.94. The Labute approximate surface area is 168 Å². The van der Waals surface area contributed by atoms with Gasteiger partial charge in [0.1, 0.15) is 5.65 Å². The summed E-state index contributed by atoms with van der Waals surface area (Å²) in [6, 6.07) is 4.89. The van der Waals surface area contributed by atoms with Crippen LogP contribution in [0, 0.1) is 17.8 Å². The number of carbonyl (C=O) groups is 3. The maximum absolute atomic E-state index is 12.4. The quantitative estimate of drug-likeness (QED) is 0.772. The minimum absolute atomic E-state index is 0.113. The van der Waals surface area contributed by atoms with Crippen molar-refractivity contribution in [1.29, 1.82) is 0 Å². The highest BCUT2D eigenvalue weighted by Gasteiger charge is 2.51. The first-order chi connectivity index (χ1) is 14.0. The first-order valence-electron chi connectivity index (χ1n) is 10.2. The van der Waals surface area contributed by atoms with E-state index >= 15 is 0 Å². The molecule has 0 aromatic carbocycles. The van der Waals surface area contributed by atoms with Crippen molar-refractivity contribution in [3.05, 3.63) is 36.3 Å². The molecule has 8 nitrogen and oxygen atoms in total. The molecule has 0 spiro atoms. The second kappa shape index (κ2) is 6.86. The lowest BCUT2D eigenvalue weighted by atomic mass is 9.53. The van der Waals surface area contributed by atoms with E-state index in [1.54, 1.807) is 16.7 Å². The number of ether oxygens (including phenoxy) is 1. The number of nitrogens with zero attached hydrogens (tertiary/aromatic N) is 2. The number of carbonyl (C=O) groups excluding carboxylic acids is 3. The van der Waals surface area contributed by atoms with Crippen molar-refractivity contribution < 1.29 is 19.1 Å². The summed E-state index contributed by atoms with van der Waals surface area (Å²) in [6.45, 7) is -0.527. The van der Waals surface area contributed by atoms with Crippen LogP contribution in [0.5, 0.6) is 0 Å². The molecular weight excluding hydrogens is 372 g/mol. The molecule has 8 heteroatoms. The van der Waals surface area contributed by atoms with Crippen molar-refractivity contribution in [3.8, 4) is 0 Å². The molecule has 29 heavy (non-hydrogen) atoms. The number of pyridine rings is 1. The van der Waals surface area contributed by atoms with Crippen LogP contribution in [0.2, 0.25) is 0 Å². The van der Waals surface area contributed by atoms with E-state index in [-0.39, 0.29) is 11.2 Å². The second-order valence-corrected chi connectivity index (χ2v) is 8.87. The van der Waals surface area contributed by atoms with Gasteiger partial charge in [0.2, 0.25) is 0 Å². The monoisotopic (exact) mass is 396 g/mol. The van der Waals surface area contributed by atoms with E-state index in [1.807, 2.05) is 12.1 Å². The molecule has 0 atom stereocenters. The number of amides is 3. The summed E-state index contributed by atoms with van der Waals surface area (Å²) in [5.41, 5.74) is 0.549. The highest BCUT2D eigenvalue weighted by molar-refractivity contribution is 5.97. The van der Waals surface area contributed by atoms with Gasteiger partial charge < -0.3 is 14.5 Å². The number of nitrogens with one attached hydrogen (secondary N) is 2. The van der Waals surface area contributed by atoms with Crippen LogP contribution in [-0.4, -0.2) is 39.4 Å². The van der Waals surface area contributed by atoms with Gasteiger partial charge in [-0.15, -0.1) is 0 Å². The first-order valence-corrected chi connectivity index (χ1v) is 10.2. The third-order valence-corrected chi connectivity index (χ3v) is 6.58. The predicted molar refractivity (Wildman–Crippen MR) is 103 cm³/mol. The number of esters is 1. The van der Waals surface area contributed by atoms with Crippen LogP contribution in [-0.2, 0) is 9.53 Å². The van der Waals surface area contributed by atoms with Gasteiger partial charge >= 0.3 is 12.0 Å². The Bertz CT molecular complexity index is 914. The lowest BCUT2D eigenvalue weighted by Crippen LogP contribution is -2.62. The third kappa shape index (κ3) is 3.59. The zero-order chi connectivity index (χ0) is 20.0. The fourth-order valence-corrected chi connectivity index (χ4v) is 5.94. The topological polar surface area (TPSA) is 102 Å². The van der Waals surface area contributed by atoms with E-state index < -0.39 is 24.5 Å². The second-order valence-electron chi connectivity index (χ2n) is 8.87. The highest BCUT2D eigenvalue weighted by atomic mass is 16.5. The zero-order valence-corrected chi connectivity index (χ0v) is 16.1. The van der Waals surface area contributed by atoms with Gasteiger partial charge in [0.25, 0.3) is 5.91 Å². The fraction of sp³-hybridized carbons (Fsp3) is 0.524. The number of rotatable bonds is 4. The number of fused-ring (bicyclic) bond motifs is 1. The molecule has 2 aromatic rings. The Kier molecular flexibility index (Phi) is 4.29. The molecule has 152 valence electrons. The molecule has 3 amide bonds. The Balaban J connectivity index is 1.13. The molecule has 4 aliphatic carbocycles. The molecule has 0 unspecified atom stereocenters. The molecule has 6 rings (SSSR count). The first kappa shape index (κ1) is 18.1. The highest BCUT2D eigenvalue weighted by Crippen LogP contribution is 2.55. The average molecular weight is 396 g/mol. The normalized spacial score (nSPS) is 29.6. The summed E-state index contributed by atoms with van der Waals surface area (Å²) < 4.78 is 6.70. The van der Waals surface area contributed by atoms with Crippen LogP contribution in [0.15, 0.2) is 30.6 Å². The SMILES string of the molecule is O=C(COC(=O)c1cn2ccccc2n1)NC(=O)NC12CC3CC(CC(C3)C1)C2. The van der Waals surface area contributed by atoms with Crippen LogP contribution < -0.4 is 10.6 Å². The van der Waals surface area contributed by atoms with Gasteiger partial charge in [-0.05, 0) is 68.4 Å². The van der Waals surface area contributed by atoms with Gasteiger partial charge in [-0.2, -0.15) is 0 Å². The maximum atomic E-state index is 12.4. The zero-order valence-electron chi connectivity index (χ0n) is 16.1. The summed E-state index contributed by atoms with van der Waals surface area (Å²) in [5, 5.41) is 5.36. The number of hydrogen-bond acceptors (Lipinski definition) is 5. The van der Waals surface area contributed by atoms with Crippen LogP contribution in [0.1, 0.15) is 49.0 Å². The van der Waals surface area contributed by atoms with Crippen molar-refractivity contribution in [3.63, 3.8) is 0 Å². The van der Waals surface area contributed by atoms with Gasteiger partial charge in [0.15, 0.2) is 12.3 Å². The summed E-state index contributed by atoms with van der Waals surface area (Å²) in [4.78, 5) is 40.7. The van der Waals surface area contributed by atoms with Crippen LogP contribution in [0.3, 0.4) is 0 Å². The molecule has 2 heterocycles. The Morgan fingerprint density at radius 1 is 1.10 bits per heavy atom. The van der Waals surface area contributed by atoms with Crippen LogP contribution in [0.25, 0.3) is 5.65 Å². The summed E-state index contributed by atoms with van der Waals surface area (Å²) >= 11 is 0. The third-order valence-electron chi connectivity index (χ3n) is 6.58. The van der Waals surface area contributed by atoms with Crippen molar-refractivity contribution in [1.82, 2.24) is 20.0 Å². The molecule has 4 saturated carbocycles. The van der Waals surface area contributed by atoms with E-state index in [2.05, 4.69) is 15.6 Å². The molecule has 4 bridgehead atoms.